The molecular formula is C14H17FN6O. The van der Waals surface area contributed by atoms with Crippen molar-refractivity contribution in [2.45, 2.75) is 25.8 Å². The van der Waals surface area contributed by atoms with Crippen LogP contribution in [0.4, 0.5) is 16.0 Å². The summed E-state index contributed by atoms with van der Waals surface area (Å²) in [6.45, 7) is 1.87. The Morgan fingerprint density at radius 2 is 1.91 bits per heavy atom. The predicted molar refractivity (Wildman–Crippen MR) is 77.9 cm³/mol. The van der Waals surface area contributed by atoms with Gasteiger partial charge in [0.25, 0.3) is 0 Å². The fourth-order valence-electron chi connectivity index (χ4n) is 2.40. The summed E-state index contributed by atoms with van der Waals surface area (Å²) >= 11 is 0. The number of aromatic nitrogens is 4. The Balaban J connectivity index is 1.58. The molecule has 0 saturated carbocycles. The molecule has 1 fully saturated rings. The highest BCUT2D eigenvalue weighted by molar-refractivity contribution is 5.76. The summed E-state index contributed by atoms with van der Waals surface area (Å²) in [6, 6.07) is 0. The molecule has 7 nitrogen and oxygen atoms in total. The van der Waals surface area contributed by atoms with Crippen LogP contribution in [0.2, 0.25) is 0 Å². The zero-order chi connectivity index (χ0) is 15.4. The van der Waals surface area contributed by atoms with Crippen LogP contribution < -0.4 is 5.32 Å². The summed E-state index contributed by atoms with van der Waals surface area (Å²) in [4.78, 5) is 21.6. The van der Waals surface area contributed by atoms with Gasteiger partial charge in [-0.25, -0.2) is 14.4 Å². The Kier molecular flexibility index (Phi) is 4.27. The van der Waals surface area contributed by atoms with Crippen molar-refractivity contribution < 1.29 is 9.18 Å². The fourth-order valence-corrected chi connectivity index (χ4v) is 2.40. The highest BCUT2D eigenvalue weighted by Crippen LogP contribution is 2.12. The second-order valence-corrected chi connectivity index (χ2v) is 5.22. The van der Waals surface area contributed by atoms with Crippen molar-refractivity contribution in [3.05, 3.63) is 30.6 Å². The molecule has 0 radical (unpaired) electrons. The maximum absolute atomic E-state index is 12.7. The number of halogens is 1. The SMILES string of the molecule is O=C(Cn1cc(Nc2ncc(F)cn2)cn1)N1CCCCC1. The molecule has 2 aromatic heterocycles. The van der Waals surface area contributed by atoms with E-state index < -0.39 is 5.82 Å². The van der Waals surface area contributed by atoms with Gasteiger partial charge in [-0.15, -0.1) is 0 Å². The van der Waals surface area contributed by atoms with Gasteiger partial charge in [-0.1, -0.05) is 0 Å². The number of carbonyl (C=O) groups excluding carboxylic acids is 1. The van der Waals surface area contributed by atoms with Gasteiger partial charge in [0.05, 0.1) is 24.3 Å². The summed E-state index contributed by atoms with van der Waals surface area (Å²) in [5.74, 6) is -0.135. The zero-order valence-electron chi connectivity index (χ0n) is 12.1. The predicted octanol–water partition coefficient (Wildman–Crippen LogP) is 1.57. The third-order valence-corrected chi connectivity index (χ3v) is 3.52. The molecule has 1 saturated heterocycles. The van der Waals surface area contributed by atoms with E-state index in [1.165, 1.54) is 6.42 Å². The van der Waals surface area contributed by atoms with Gasteiger partial charge < -0.3 is 10.2 Å². The van der Waals surface area contributed by atoms with E-state index in [1.807, 2.05) is 4.90 Å². The Morgan fingerprint density at radius 3 is 2.64 bits per heavy atom. The minimum absolute atomic E-state index is 0.0763. The maximum atomic E-state index is 12.7. The summed E-state index contributed by atoms with van der Waals surface area (Å²) in [5.41, 5.74) is 0.651. The van der Waals surface area contributed by atoms with Crippen molar-refractivity contribution in [2.24, 2.45) is 0 Å². The quantitative estimate of drug-likeness (QED) is 0.928. The van der Waals surface area contributed by atoms with Crippen molar-refractivity contribution in [3.63, 3.8) is 0 Å². The first-order chi connectivity index (χ1) is 10.7. The van der Waals surface area contributed by atoms with Crippen LogP contribution in [0.3, 0.4) is 0 Å². The van der Waals surface area contributed by atoms with E-state index in [4.69, 9.17) is 0 Å². The molecule has 0 spiro atoms. The monoisotopic (exact) mass is 304 g/mol. The molecule has 22 heavy (non-hydrogen) atoms. The lowest BCUT2D eigenvalue weighted by molar-refractivity contribution is -0.132. The average Bonchev–Trinajstić information content (AvgIpc) is 2.97. The maximum Gasteiger partial charge on any atom is 0.244 e. The number of rotatable bonds is 4. The van der Waals surface area contributed by atoms with E-state index >= 15 is 0 Å². The van der Waals surface area contributed by atoms with E-state index in [1.54, 1.807) is 17.1 Å². The molecule has 0 unspecified atom stereocenters. The van der Waals surface area contributed by atoms with E-state index in [-0.39, 0.29) is 18.4 Å². The van der Waals surface area contributed by atoms with Crippen molar-refractivity contribution in [2.75, 3.05) is 18.4 Å². The summed E-state index contributed by atoms with van der Waals surface area (Å²) in [5, 5.41) is 7.05. The number of nitrogens with zero attached hydrogens (tertiary/aromatic N) is 5. The molecule has 0 bridgehead atoms. The van der Waals surface area contributed by atoms with Gasteiger partial charge in [0.1, 0.15) is 6.54 Å². The molecule has 8 heteroatoms. The van der Waals surface area contributed by atoms with Crippen LogP contribution in [0, 0.1) is 5.82 Å². The van der Waals surface area contributed by atoms with Crippen molar-refractivity contribution in [3.8, 4) is 0 Å². The highest BCUT2D eigenvalue weighted by Gasteiger charge is 2.17. The Morgan fingerprint density at radius 1 is 1.18 bits per heavy atom. The van der Waals surface area contributed by atoms with Gasteiger partial charge in [-0.2, -0.15) is 5.10 Å². The number of anilines is 2. The Labute approximate surface area is 127 Å². The summed E-state index contributed by atoms with van der Waals surface area (Å²) in [7, 11) is 0. The first-order valence-electron chi connectivity index (χ1n) is 7.25. The third kappa shape index (κ3) is 3.57. The Bertz CT molecular complexity index is 635. The van der Waals surface area contributed by atoms with Crippen LogP contribution in [0.5, 0.6) is 0 Å². The number of carbonyl (C=O) groups is 1. The molecule has 0 aromatic carbocycles. The molecule has 116 valence electrons. The lowest BCUT2D eigenvalue weighted by Gasteiger charge is -2.26. The van der Waals surface area contributed by atoms with Gasteiger partial charge >= 0.3 is 0 Å². The molecule has 3 rings (SSSR count). The molecule has 3 heterocycles. The van der Waals surface area contributed by atoms with Crippen LogP contribution in [-0.4, -0.2) is 43.6 Å². The second-order valence-electron chi connectivity index (χ2n) is 5.22. The van der Waals surface area contributed by atoms with E-state index in [0.717, 1.165) is 38.3 Å². The van der Waals surface area contributed by atoms with Crippen LogP contribution in [0.15, 0.2) is 24.8 Å². The van der Waals surface area contributed by atoms with Crippen molar-refractivity contribution >= 4 is 17.5 Å². The van der Waals surface area contributed by atoms with Crippen molar-refractivity contribution in [1.29, 1.82) is 0 Å². The number of amides is 1. The van der Waals surface area contributed by atoms with Crippen LogP contribution in [-0.2, 0) is 11.3 Å². The second kappa shape index (κ2) is 6.50. The lowest BCUT2D eigenvalue weighted by atomic mass is 10.1. The fraction of sp³-hybridized carbons (Fsp3) is 0.429. The van der Waals surface area contributed by atoms with Crippen molar-refractivity contribution in [1.82, 2.24) is 24.6 Å². The number of likely N-dealkylation sites (tertiary alicyclic amines) is 1. The molecular weight excluding hydrogens is 287 g/mol. The molecule has 2 aromatic rings. The number of piperidine rings is 1. The minimum Gasteiger partial charge on any atom is -0.341 e. The zero-order valence-corrected chi connectivity index (χ0v) is 12.1. The Hall–Kier alpha value is -2.51. The number of hydrogen-bond donors (Lipinski definition) is 1. The van der Waals surface area contributed by atoms with Gasteiger partial charge in [-0.3, -0.25) is 9.48 Å². The number of nitrogens with one attached hydrogen (secondary N) is 1. The molecule has 1 amide bonds. The van der Waals surface area contributed by atoms with Gasteiger partial charge in [-0.05, 0) is 19.3 Å². The molecule has 0 aliphatic carbocycles. The van der Waals surface area contributed by atoms with Gasteiger partial charge in [0.15, 0.2) is 5.82 Å². The minimum atomic E-state index is -0.492. The largest absolute Gasteiger partial charge is 0.341 e. The molecule has 1 aliphatic rings. The van der Waals surface area contributed by atoms with E-state index in [9.17, 15) is 9.18 Å². The van der Waals surface area contributed by atoms with Gasteiger partial charge in [0.2, 0.25) is 11.9 Å². The smallest absolute Gasteiger partial charge is 0.244 e. The summed E-state index contributed by atoms with van der Waals surface area (Å²) < 4.78 is 14.3. The third-order valence-electron chi connectivity index (χ3n) is 3.52. The standard InChI is InChI=1S/C14H17FN6O/c15-11-6-16-14(17-7-11)19-12-8-18-21(9-12)10-13(22)20-4-2-1-3-5-20/h6-9H,1-5,10H2,(H,16,17,19). The average molecular weight is 304 g/mol. The molecule has 1 N–H and O–H groups in total. The number of hydrogen-bond acceptors (Lipinski definition) is 5. The van der Waals surface area contributed by atoms with Crippen LogP contribution in [0.1, 0.15) is 19.3 Å². The van der Waals surface area contributed by atoms with Crippen LogP contribution >= 0.6 is 0 Å². The highest BCUT2D eigenvalue weighted by atomic mass is 19.1. The first kappa shape index (κ1) is 14.4. The lowest BCUT2D eigenvalue weighted by Crippen LogP contribution is -2.37. The van der Waals surface area contributed by atoms with Crippen LogP contribution in [0.25, 0.3) is 0 Å². The van der Waals surface area contributed by atoms with E-state index in [2.05, 4.69) is 20.4 Å². The van der Waals surface area contributed by atoms with Gasteiger partial charge in [0, 0.05) is 19.3 Å². The first-order valence-corrected chi connectivity index (χ1v) is 7.25. The molecule has 0 atom stereocenters. The van der Waals surface area contributed by atoms with E-state index in [0.29, 0.717) is 5.69 Å². The topological polar surface area (TPSA) is 75.9 Å². The normalized spacial score (nSPS) is 14.9. The summed E-state index contributed by atoms with van der Waals surface area (Å²) in [6.07, 6.45) is 8.78. The molecule has 1 aliphatic heterocycles.